The number of nitrogens with one attached hydrogen (secondary N) is 2. The molecular weight excluding hydrogens is 260 g/mol. The van der Waals surface area contributed by atoms with Crippen LogP contribution in [-0.4, -0.2) is 23.1 Å². The van der Waals surface area contributed by atoms with Gasteiger partial charge in [-0.05, 0) is 50.4 Å². The summed E-state index contributed by atoms with van der Waals surface area (Å²) in [6, 6.07) is 2.05. The van der Waals surface area contributed by atoms with Crippen molar-refractivity contribution in [3.63, 3.8) is 0 Å². The molecular formula is C17H28N4. The maximum atomic E-state index is 4.68. The first kappa shape index (κ1) is 14.6. The van der Waals surface area contributed by atoms with Crippen LogP contribution in [0.15, 0.2) is 6.07 Å². The van der Waals surface area contributed by atoms with Crippen LogP contribution >= 0.6 is 0 Å². The van der Waals surface area contributed by atoms with Crippen LogP contribution in [-0.2, 0) is 0 Å². The minimum absolute atomic E-state index is 0.354. The molecule has 116 valence electrons. The van der Waals surface area contributed by atoms with Gasteiger partial charge in [0, 0.05) is 25.1 Å². The molecule has 2 aliphatic carbocycles. The van der Waals surface area contributed by atoms with Crippen LogP contribution in [0.2, 0.25) is 0 Å². The Kier molecular flexibility index (Phi) is 4.32. The summed E-state index contributed by atoms with van der Waals surface area (Å²) >= 11 is 0. The molecule has 1 heterocycles. The Hall–Kier alpha value is -1.32. The topological polar surface area (TPSA) is 49.8 Å². The molecule has 2 aliphatic rings. The van der Waals surface area contributed by atoms with Gasteiger partial charge in [-0.3, -0.25) is 0 Å². The van der Waals surface area contributed by atoms with Gasteiger partial charge in [0.1, 0.15) is 17.5 Å². The molecule has 2 fully saturated rings. The number of rotatable bonds is 8. The molecule has 0 aliphatic heterocycles. The predicted molar refractivity (Wildman–Crippen MR) is 87.7 cm³/mol. The maximum Gasteiger partial charge on any atom is 0.135 e. The summed E-state index contributed by atoms with van der Waals surface area (Å²) in [7, 11) is 0. The quantitative estimate of drug-likeness (QED) is 0.762. The number of anilines is 2. The van der Waals surface area contributed by atoms with Gasteiger partial charge in [0.15, 0.2) is 0 Å². The van der Waals surface area contributed by atoms with Gasteiger partial charge in [-0.25, -0.2) is 9.97 Å². The molecule has 2 N–H and O–H groups in total. The van der Waals surface area contributed by atoms with Crippen LogP contribution in [0.3, 0.4) is 0 Å². The molecule has 0 spiro atoms. The van der Waals surface area contributed by atoms with Gasteiger partial charge in [0.2, 0.25) is 0 Å². The summed E-state index contributed by atoms with van der Waals surface area (Å²) in [5, 5.41) is 6.90. The van der Waals surface area contributed by atoms with Gasteiger partial charge in [0.25, 0.3) is 0 Å². The predicted octanol–water partition coefficient (Wildman–Crippen LogP) is 3.88. The van der Waals surface area contributed by atoms with E-state index < -0.39 is 0 Å². The smallest absolute Gasteiger partial charge is 0.135 e. The standard InChI is InChI=1S/C17H28N4/c1-4-18-15-9-16(21-17(20-15)11(2)3)19-10-14(12-5-6-12)13-7-8-13/h9,11-14H,4-8,10H2,1-3H3,(H2,18,19,20,21). The first-order chi connectivity index (χ1) is 10.2. The number of hydrogen-bond acceptors (Lipinski definition) is 4. The summed E-state index contributed by atoms with van der Waals surface area (Å²) in [5.74, 6) is 6.01. The molecule has 0 amide bonds. The molecule has 0 aromatic carbocycles. The van der Waals surface area contributed by atoms with Gasteiger partial charge in [-0.1, -0.05) is 13.8 Å². The van der Waals surface area contributed by atoms with Crippen LogP contribution in [0.25, 0.3) is 0 Å². The third kappa shape index (κ3) is 3.86. The van der Waals surface area contributed by atoms with Gasteiger partial charge in [-0.2, -0.15) is 0 Å². The van der Waals surface area contributed by atoms with Crippen LogP contribution in [0.5, 0.6) is 0 Å². The van der Waals surface area contributed by atoms with Crippen molar-refractivity contribution in [1.29, 1.82) is 0 Å². The lowest BCUT2D eigenvalue weighted by Gasteiger charge is -2.18. The largest absolute Gasteiger partial charge is 0.370 e. The highest BCUT2D eigenvalue weighted by Gasteiger charge is 2.41. The van der Waals surface area contributed by atoms with Crippen molar-refractivity contribution in [1.82, 2.24) is 9.97 Å². The van der Waals surface area contributed by atoms with Crippen molar-refractivity contribution in [3.05, 3.63) is 11.9 Å². The summed E-state index contributed by atoms with van der Waals surface area (Å²) < 4.78 is 0. The average Bonchev–Trinajstić information content (AvgIpc) is 3.33. The average molecular weight is 288 g/mol. The van der Waals surface area contributed by atoms with E-state index in [9.17, 15) is 0 Å². The fourth-order valence-corrected chi connectivity index (χ4v) is 3.08. The van der Waals surface area contributed by atoms with E-state index in [1.807, 2.05) is 6.07 Å². The summed E-state index contributed by atoms with van der Waals surface area (Å²) in [4.78, 5) is 9.27. The monoisotopic (exact) mass is 288 g/mol. The Morgan fingerprint density at radius 3 is 2.10 bits per heavy atom. The highest BCUT2D eigenvalue weighted by atomic mass is 15.1. The molecule has 0 unspecified atom stereocenters. The van der Waals surface area contributed by atoms with E-state index in [0.29, 0.717) is 5.92 Å². The first-order valence-corrected chi connectivity index (χ1v) is 8.54. The summed E-state index contributed by atoms with van der Waals surface area (Å²) in [5.41, 5.74) is 0. The van der Waals surface area contributed by atoms with Crippen molar-refractivity contribution < 1.29 is 0 Å². The SMILES string of the molecule is CCNc1cc(NCC(C2CC2)C2CC2)nc(C(C)C)n1. The van der Waals surface area contributed by atoms with Gasteiger partial charge in [-0.15, -0.1) is 0 Å². The molecule has 21 heavy (non-hydrogen) atoms. The zero-order valence-corrected chi connectivity index (χ0v) is 13.5. The van der Waals surface area contributed by atoms with Crippen LogP contribution < -0.4 is 10.6 Å². The normalized spacial score (nSPS) is 18.3. The highest BCUT2D eigenvalue weighted by Crippen LogP contribution is 2.49. The molecule has 0 bridgehead atoms. The Morgan fingerprint density at radius 2 is 1.62 bits per heavy atom. The van der Waals surface area contributed by atoms with Crippen molar-refractivity contribution in [2.24, 2.45) is 17.8 Å². The zero-order chi connectivity index (χ0) is 14.8. The zero-order valence-electron chi connectivity index (χ0n) is 13.5. The van der Waals surface area contributed by atoms with E-state index in [2.05, 4.69) is 41.4 Å². The molecule has 0 atom stereocenters. The molecule has 4 heteroatoms. The Bertz CT molecular complexity index is 466. The third-order valence-corrected chi connectivity index (χ3v) is 4.59. The second kappa shape index (κ2) is 6.20. The highest BCUT2D eigenvalue weighted by molar-refractivity contribution is 5.47. The number of aromatic nitrogens is 2. The second-order valence-electron chi connectivity index (χ2n) is 6.90. The van der Waals surface area contributed by atoms with Crippen molar-refractivity contribution >= 4 is 11.6 Å². The van der Waals surface area contributed by atoms with E-state index in [4.69, 9.17) is 0 Å². The minimum atomic E-state index is 0.354. The van der Waals surface area contributed by atoms with E-state index >= 15 is 0 Å². The number of nitrogens with zero attached hydrogens (tertiary/aromatic N) is 2. The van der Waals surface area contributed by atoms with Crippen molar-refractivity contribution in [3.8, 4) is 0 Å². The fraction of sp³-hybridized carbons (Fsp3) is 0.765. The van der Waals surface area contributed by atoms with Crippen LogP contribution in [0.1, 0.15) is 58.2 Å². The molecule has 0 saturated heterocycles. The van der Waals surface area contributed by atoms with Gasteiger partial charge in [0.05, 0.1) is 0 Å². The lowest BCUT2D eigenvalue weighted by atomic mass is 9.98. The summed E-state index contributed by atoms with van der Waals surface area (Å²) in [6.07, 6.45) is 5.75. The lowest BCUT2D eigenvalue weighted by Crippen LogP contribution is -2.19. The Labute approximate surface area is 128 Å². The fourth-order valence-electron chi connectivity index (χ4n) is 3.08. The van der Waals surface area contributed by atoms with E-state index in [-0.39, 0.29) is 0 Å². The molecule has 3 rings (SSSR count). The van der Waals surface area contributed by atoms with Crippen molar-refractivity contribution in [2.45, 2.75) is 52.4 Å². The van der Waals surface area contributed by atoms with Crippen LogP contribution in [0.4, 0.5) is 11.6 Å². The lowest BCUT2D eigenvalue weighted by molar-refractivity contribution is 0.427. The molecule has 4 nitrogen and oxygen atoms in total. The molecule has 1 aromatic rings. The van der Waals surface area contributed by atoms with E-state index in [1.54, 1.807) is 0 Å². The van der Waals surface area contributed by atoms with Gasteiger partial charge < -0.3 is 10.6 Å². The van der Waals surface area contributed by atoms with Crippen molar-refractivity contribution in [2.75, 3.05) is 23.7 Å². The second-order valence-corrected chi connectivity index (χ2v) is 6.90. The van der Waals surface area contributed by atoms with Gasteiger partial charge >= 0.3 is 0 Å². The first-order valence-electron chi connectivity index (χ1n) is 8.54. The van der Waals surface area contributed by atoms with Crippen LogP contribution in [0, 0.1) is 17.8 Å². The van der Waals surface area contributed by atoms with E-state index in [1.165, 1.54) is 25.7 Å². The Morgan fingerprint density at radius 1 is 1.05 bits per heavy atom. The molecule has 1 aromatic heterocycles. The molecule has 0 radical (unpaired) electrons. The third-order valence-electron chi connectivity index (χ3n) is 4.59. The summed E-state index contributed by atoms with van der Waals surface area (Å²) in [6.45, 7) is 8.36. The van der Waals surface area contributed by atoms with E-state index in [0.717, 1.165) is 48.3 Å². The minimum Gasteiger partial charge on any atom is -0.370 e. The maximum absolute atomic E-state index is 4.68. The number of hydrogen-bond donors (Lipinski definition) is 2. The molecule has 2 saturated carbocycles. The Balaban J connectivity index is 1.67.